The molecular formula is C17H17ClO2. The third-order valence-electron chi connectivity index (χ3n) is 3.32. The molecule has 2 aromatic rings. The summed E-state index contributed by atoms with van der Waals surface area (Å²) in [7, 11) is 1.57. The summed E-state index contributed by atoms with van der Waals surface area (Å²) in [5.41, 5.74) is 4.32. The molecule has 104 valence electrons. The van der Waals surface area contributed by atoms with Crippen LogP contribution in [0, 0.1) is 20.8 Å². The second kappa shape index (κ2) is 5.68. The molecule has 0 fully saturated rings. The lowest BCUT2D eigenvalue weighted by Crippen LogP contribution is -2.07. The molecule has 0 heterocycles. The highest BCUT2D eigenvalue weighted by Gasteiger charge is 2.17. The van der Waals surface area contributed by atoms with Crippen molar-refractivity contribution in [1.82, 2.24) is 0 Å². The molecule has 0 saturated heterocycles. The maximum absolute atomic E-state index is 12.7. The fourth-order valence-corrected chi connectivity index (χ4v) is 2.74. The number of benzene rings is 2. The van der Waals surface area contributed by atoms with Crippen molar-refractivity contribution in [3.8, 4) is 5.75 Å². The minimum absolute atomic E-state index is 0.0485. The van der Waals surface area contributed by atoms with Crippen LogP contribution in [0.3, 0.4) is 0 Å². The average molecular weight is 289 g/mol. The van der Waals surface area contributed by atoms with Crippen LogP contribution in [0.25, 0.3) is 0 Å². The number of hydrogen-bond acceptors (Lipinski definition) is 2. The smallest absolute Gasteiger partial charge is 0.195 e. The van der Waals surface area contributed by atoms with Crippen LogP contribution in [0.2, 0.25) is 5.02 Å². The van der Waals surface area contributed by atoms with E-state index in [0.29, 0.717) is 16.3 Å². The van der Waals surface area contributed by atoms with E-state index in [1.807, 2.05) is 32.9 Å². The van der Waals surface area contributed by atoms with Crippen LogP contribution in [0.15, 0.2) is 30.3 Å². The van der Waals surface area contributed by atoms with Crippen molar-refractivity contribution in [2.75, 3.05) is 7.11 Å². The topological polar surface area (TPSA) is 26.3 Å². The van der Waals surface area contributed by atoms with E-state index in [0.717, 1.165) is 22.3 Å². The molecule has 0 saturated carbocycles. The Labute approximate surface area is 124 Å². The Morgan fingerprint density at radius 1 is 1.05 bits per heavy atom. The van der Waals surface area contributed by atoms with E-state index >= 15 is 0 Å². The van der Waals surface area contributed by atoms with E-state index in [1.165, 1.54) is 0 Å². The average Bonchev–Trinajstić information content (AvgIpc) is 2.37. The molecule has 2 rings (SSSR count). The Hall–Kier alpha value is -1.80. The van der Waals surface area contributed by atoms with Crippen molar-refractivity contribution < 1.29 is 9.53 Å². The predicted molar refractivity (Wildman–Crippen MR) is 82.1 cm³/mol. The summed E-state index contributed by atoms with van der Waals surface area (Å²) < 4.78 is 5.10. The highest BCUT2D eigenvalue weighted by molar-refractivity contribution is 6.35. The first kappa shape index (κ1) is 14.6. The number of hydrogen-bond donors (Lipinski definition) is 0. The highest BCUT2D eigenvalue weighted by atomic mass is 35.5. The Bertz CT molecular complexity index is 652. The molecule has 0 amide bonds. The molecule has 20 heavy (non-hydrogen) atoms. The van der Waals surface area contributed by atoms with Gasteiger partial charge in [-0.05, 0) is 50.1 Å². The number of ketones is 1. The maximum Gasteiger partial charge on any atom is 0.195 e. The monoisotopic (exact) mass is 288 g/mol. The van der Waals surface area contributed by atoms with Crippen molar-refractivity contribution in [1.29, 1.82) is 0 Å². The Morgan fingerprint density at radius 3 is 2.15 bits per heavy atom. The van der Waals surface area contributed by atoms with Gasteiger partial charge in [-0.3, -0.25) is 4.79 Å². The van der Waals surface area contributed by atoms with Gasteiger partial charge in [0.1, 0.15) is 5.75 Å². The molecule has 0 aliphatic heterocycles. The zero-order chi connectivity index (χ0) is 14.9. The molecule has 0 aliphatic carbocycles. The lowest BCUT2D eigenvalue weighted by Gasteiger charge is -2.12. The van der Waals surface area contributed by atoms with E-state index < -0.39 is 0 Å². The summed E-state index contributed by atoms with van der Waals surface area (Å²) in [6, 6.07) is 9.14. The van der Waals surface area contributed by atoms with Crippen molar-refractivity contribution in [3.05, 3.63) is 63.2 Å². The number of ether oxygens (including phenoxy) is 1. The number of methoxy groups -OCH3 is 1. The molecule has 0 spiro atoms. The molecule has 2 nitrogen and oxygen atoms in total. The molecule has 0 aliphatic rings. The van der Waals surface area contributed by atoms with Crippen LogP contribution in [-0.4, -0.2) is 12.9 Å². The number of aryl methyl sites for hydroxylation is 3. The molecule has 0 atom stereocenters. The molecule has 3 heteroatoms. The molecule has 2 aromatic carbocycles. The summed E-state index contributed by atoms with van der Waals surface area (Å²) in [6.45, 7) is 5.92. The van der Waals surface area contributed by atoms with Gasteiger partial charge in [-0.2, -0.15) is 0 Å². The third-order valence-corrected chi connectivity index (χ3v) is 3.64. The first-order valence-electron chi connectivity index (χ1n) is 6.40. The normalized spacial score (nSPS) is 10.4. The van der Waals surface area contributed by atoms with Gasteiger partial charge >= 0.3 is 0 Å². The molecular weight excluding hydrogens is 272 g/mol. The zero-order valence-corrected chi connectivity index (χ0v) is 12.8. The van der Waals surface area contributed by atoms with Crippen LogP contribution in [-0.2, 0) is 0 Å². The zero-order valence-electron chi connectivity index (χ0n) is 12.1. The molecule has 0 N–H and O–H groups in total. The lowest BCUT2D eigenvalue weighted by molar-refractivity contribution is 0.103. The maximum atomic E-state index is 12.7. The second-order valence-corrected chi connectivity index (χ2v) is 5.36. The van der Waals surface area contributed by atoms with Gasteiger partial charge in [0.25, 0.3) is 0 Å². The number of carbonyl (C=O) groups excluding carboxylic acids is 1. The minimum atomic E-state index is -0.0485. The Kier molecular flexibility index (Phi) is 4.15. The third kappa shape index (κ3) is 2.70. The van der Waals surface area contributed by atoms with Gasteiger partial charge in [0.15, 0.2) is 5.78 Å². The van der Waals surface area contributed by atoms with Gasteiger partial charge in [0, 0.05) is 11.1 Å². The van der Waals surface area contributed by atoms with Gasteiger partial charge in [-0.15, -0.1) is 0 Å². The van der Waals surface area contributed by atoms with Crippen LogP contribution in [0.1, 0.15) is 32.6 Å². The summed E-state index contributed by atoms with van der Waals surface area (Å²) in [5, 5.41) is 0.411. The van der Waals surface area contributed by atoms with Gasteiger partial charge in [-0.25, -0.2) is 0 Å². The SMILES string of the molecule is COc1ccc(C(=O)c2c(C)cc(C)cc2C)c(Cl)c1. The molecule has 0 radical (unpaired) electrons. The molecule has 0 unspecified atom stereocenters. The Morgan fingerprint density at radius 2 is 1.65 bits per heavy atom. The van der Waals surface area contributed by atoms with E-state index in [1.54, 1.807) is 25.3 Å². The highest BCUT2D eigenvalue weighted by Crippen LogP contribution is 2.27. The van der Waals surface area contributed by atoms with Crippen LogP contribution in [0.4, 0.5) is 0 Å². The van der Waals surface area contributed by atoms with Crippen molar-refractivity contribution in [2.24, 2.45) is 0 Å². The van der Waals surface area contributed by atoms with Gasteiger partial charge in [0.2, 0.25) is 0 Å². The fourth-order valence-electron chi connectivity index (χ4n) is 2.48. The van der Waals surface area contributed by atoms with Gasteiger partial charge < -0.3 is 4.74 Å². The standard InChI is InChI=1S/C17H17ClO2/c1-10-7-11(2)16(12(3)8-10)17(19)14-6-5-13(20-4)9-15(14)18/h5-9H,1-4H3. The molecule has 0 bridgehead atoms. The largest absolute Gasteiger partial charge is 0.497 e. The van der Waals surface area contributed by atoms with Crippen molar-refractivity contribution in [3.63, 3.8) is 0 Å². The van der Waals surface area contributed by atoms with Crippen molar-refractivity contribution >= 4 is 17.4 Å². The quantitative estimate of drug-likeness (QED) is 0.777. The second-order valence-electron chi connectivity index (χ2n) is 4.95. The van der Waals surface area contributed by atoms with Crippen LogP contribution >= 0.6 is 11.6 Å². The first-order chi connectivity index (χ1) is 9.43. The van der Waals surface area contributed by atoms with E-state index in [-0.39, 0.29) is 5.78 Å². The Balaban J connectivity index is 2.52. The lowest BCUT2D eigenvalue weighted by atomic mass is 9.93. The summed E-state index contributed by atoms with van der Waals surface area (Å²) in [4.78, 5) is 12.7. The van der Waals surface area contributed by atoms with E-state index in [2.05, 4.69) is 0 Å². The predicted octanol–water partition coefficient (Wildman–Crippen LogP) is 4.50. The molecule has 0 aromatic heterocycles. The summed E-state index contributed by atoms with van der Waals surface area (Å²) >= 11 is 6.19. The van der Waals surface area contributed by atoms with E-state index in [9.17, 15) is 4.79 Å². The number of halogens is 1. The summed E-state index contributed by atoms with van der Waals surface area (Å²) in [5.74, 6) is 0.594. The number of rotatable bonds is 3. The van der Waals surface area contributed by atoms with Crippen LogP contribution < -0.4 is 4.74 Å². The van der Waals surface area contributed by atoms with E-state index in [4.69, 9.17) is 16.3 Å². The van der Waals surface area contributed by atoms with Crippen LogP contribution in [0.5, 0.6) is 5.75 Å². The minimum Gasteiger partial charge on any atom is -0.497 e. The number of carbonyl (C=O) groups is 1. The van der Waals surface area contributed by atoms with Gasteiger partial charge in [-0.1, -0.05) is 29.3 Å². The van der Waals surface area contributed by atoms with Crippen molar-refractivity contribution in [2.45, 2.75) is 20.8 Å². The fraction of sp³-hybridized carbons (Fsp3) is 0.235. The summed E-state index contributed by atoms with van der Waals surface area (Å²) in [6.07, 6.45) is 0. The first-order valence-corrected chi connectivity index (χ1v) is 6.78. The van der Waals surface area contributed by atoms with Gasteiger partial charge in [0.05, 0.1) is 12.1 Å².